The van der Waals surface area contributed by atoms with Crippen LogP contribution >= 0.6 is 0 Å². The second-order valence-corrected chi connectivity index (χ2v) is 9.11. The summed E-state index contributed by atoms with van der Waals surface area (Å²) >= 11 is 0. The second kappa shape index (κ2) is 11.5. The Bertz CT molecular complexity index is 887. The van der Waals surface area contributed by atoms with Crippen molar-refractivity contribution in [1.82, 2.24) is 5.32 Å². The van der Waals surface area contributed by atoms with Gasteiger partial charge in [-0.1, -0.05) is 74.5 Å². The first-order valence-electron chi connectivity index (χ1n) is 10.8. The van der Waals surface area contributed by atoms with Gasteiger partial charge in [-0.3, -0.25) is 9.59 Å². The zero-order valence-electron chi connectivity index (χ0n) is 19.5. The van der Waals surface area contributed by atoms with E-state index < -0.39 is 35.4 Å². The molecular formula is C26H33NO5. The summed E-state index contributed by atoms with van der Waals surface area (Å²) in [6.07, 6.45) is -0.458. The Hall–Kier alpha value is -3.15. The van der Waals surface area contributed by atoms with Crippen molar-refractivity contribution in [2.75, 3.05) is 0 Å². The predicted octanol–water partition coefficient (Wildman–Crippen LogP) is 4.71. The van der Waals surface area contributed by atoms with Gasteiger partial charge >= 0.3 is 12.1 Å². The quantitative estimate of drug-likeness (QED) is 0.452. The molecule has 6 nitrogen and oxygen atoms in total. The molecule has 2 rings (SSSR count). The average molecular weight is 440 g/mol. The third-order valence-electron chi connectivity index (χ3n) is 4.77. The minimum absolute atomic E-state index is 0.0824. The standard InChI is InChI=1S/C26H33NO5/c1-18(2)22(24(29)31-17-20-14-10-7-11-15-20)23(28)21(16-19-12-8-6-9-13-19)27-25(30)32-26(3,4)5/h6-15,18,21-22H,16-17H2,1-5H3,(H,27,30)/t21-,22?/m0/s1. The Morgan fingerprint density at radius 1 is 0.875 bits per heavy atom. The number of esters is 1. The van der Waals surface area contributed by atoms with Crippen molar-refractivity contribution in [3.05, 3.63) is 71.8 Å². The van der Waals surface area contributed by atoms with Crippen molar-refractivity contribution in [2.45, 2.75) is 59.3 Å². The minimum Gasteiger partial charge on any atom is -0.460 e. The van der Waals surface area contributed by atoms with Crippen molar-refractivity contribution in [3.8, 4) is 0 Å². The average Bonchev–Trinajstić information content (AvgIpc) is 2.71. The number of hydrogen-bond acceptors (Lipinski definition) is 5. The number of nitrogens with one attached hydrogen (secondary N) is 1. The molecule has 32 heavy (non-hydrogen) atoms. The highest BCUT2D eigenvalue weighted by Gasteiger charge is 2.37. The number of benzene rings is 2. The van der Waals surface area contributed by atoms with Gasteiger partial charge in [-0.15, -0.1) is 0 Å². The first-order valence-corrected chi connectivity index (χ1v) is 10.8. The fraction of sp³-hybridized carbons (Fsp3) is 0.423. The van der Waals surface area contributed by atoms with Crippen LogP contribution in [0.4, 0.5) is 4.79 Å². The molecule has 0 spiro atoms. The zero-order valence-corrected chi connectivity index (χ0v) is 19.5. The van der Waals surface area contributed by atoms with Gasteiger partial charge in [-0.2, -0.15) is 0 Å². The largest absolute Gasteiger partial charge is 0.460 e. The summed E-state index contributed by atoms with van der Waals surface area (Å²) in [5, 5.41) is 2.67. The van der Waals surface area contributed by atoms with Crippen LogP contribution in [0.5, 0.6) is 0 Å². The molecular weight excluding hydrogens is 406 g/mol. The lowest BCUT2D eigenvalue weighted by atomic mass is 9.86. The van der Waals surface area contributed by atoms with Crippen LogP contribution in [0.3, 0.4) is 0 Å². The zero-order chi connectivity index (χ0) is 23.7. The van der Waals surface area contributed by atoms with Crippen LogP contribution < -0.4 is 5.32 Å². The highest BCUT2D eigenvalue weighted by Crippen LogP contribution is 2.20. The maximum atomic E-state index is 13.5. The van der Waals surface area contributed by atoms with Crippen LogP contribution in [-0.4, -0.2) is 29.5 Å². The maximum Gasteiger partial charge on any atom is 0.408 e. The van der Waals surface area contributed by atoms with Crippen molar-refractivity contribution in [2.24, 2.45) is 11.8 Å². The Morgan fingerprint density at radius 2 is 1.41 bits per heavy atom. The van der Waals surface area contributed by atoms with Gasteiger partial charge in [0.2, 0.25) is 0 Å². The van der Waals surface area contributed by atoms with E-state index in [4.69, 9.17) is 9.47 Å². The van der Waals surface area contributed by atoms with Gasteiger partial charge in [0.15, 0.2) is 5.78 Å². The first-order chi connectivity index (χ1) is 15.1. The molecule has 1 unspecified atom stereocenters. The van der Waals surface area contributed by atoms with Crippen LogP contribution in [0, 0.1) is 11.8 Å². The van der Waals surface area contributed by atoms with Crippen LogP contribution in [0.25, 0.3) is 0 Å². The van der Waals surface area contributed by atoms with Crippen molar-refractivity contribution in [1.29, 1.82) is 0 Å². The molecule has 1 amide bonds. The monoisotopic (exact) mass is 439 g/mol. The van der Waals surface area contributed by atoms with Crippen LogP contribution in [-0.2, 0) is 32.1 Å². The van der Waals surface area contributed by atoms with E-state index in [-0.39, 0.29) is 18.9 Å². The molecule has 1 N–H and O–H groups in total. The van der Waals surface area contributed by atoms with E-state index in [1.807, 2.05) is 60.7 Å². The van der Waals surface area contributed by atoms with E-state index in [1.54, 1.807) is 34.6 Å². The lowest BCUT2D eigenvalue weighted by Crippen LogP contribution is -2.49. The van der Waals surface area contributed by atoms with E-state index >= 15 is 0 Å². The van der Waals surface area contributed by atoms with E-state index in [2.05, 4.69) is 5.32 Å². The number of hydrogen-bond donors (Lipinski definition) is 1. The Morgan fingerprint density at radius 3 is 1.91 bits per heavy atom. The summed E-state index contributed by atoms with van der Waals surface area (Å²) in [6, 6.07) is 17.7. The molecule has 0 bridgehead atoms. The first kappa shape index (κ1) is 25.1. The third-order valence-corrected chi connectivity index (χ3v) is 4.77. The summed E-state index contributed by atoms with van der Waals surface area (Å²) in [4.78, 5) is 38.8. The number of carbonyl (C=O) groups is 3. The van der Waals surface area contributed by atoms with Crippen LogP contribution in [0.15, 0.2) is 60.7 Å². The molecule has 2 aromatic carbocycles. The molecule has 6 heteroatoms. The van der Waals surface area contributed by atoms with Crippen LogP contribution in [0.2, 0.25) is 0 Å². The lowest BCUT2D eigenvalue weighted by molar-refractivity contribution is -0.155. The number of rotatable bonds is 9. The van der Waals surface area contributed by atoms with Crippen LogP contribution in [0.1, 0.15) is 45.7 Å². The van der Waals surface area contributed by atoms with E-state index in [9.17, 15) is 14.4 Å². The highest BCUT2D eigenvalue weighted by molar-refractivity contribution is 6.03. The summed E-state index contributed by atoms with van der Waals surface area (Å²) in [5.41, 5.74) is 0.988. The normalized spacial score (nSPS) is 13.2. The van der Waals surface area contributed by atoms with Gasteiger partial charge in [-0.25, -0.2) is 4.79 Å². The molecule has 0 aliphatic rings. The molecule has 0 aliphatic carbocycles. The Kier molecular flexibility index (Phi) is 9.00. The summed E-state index contributed by atoms with van der Waals surface area (Å²) in [7, 11) is 0. The molecule has 0 fully saturated rings. The molecule has 0 heterocycles. The molecule has 0 aromatic heterocycles. The molecule has 172 valence electrons. The fourth-order valence-electron chi connectivity index (χ4n) is 3.27. The number of ether oxygens (including phenoxy) is 2. The lowest BCUT2D eigenvalue weighted by Gasteiger charge is -2.26. The molecule has 0 aliphatic heterocycles. The van der Waals surface area contributed by atoms with E-state index in [0.29, 0.717) is 0 Å². The second-order valence-electron chi connectivity index (χ2n) is 9.11. The topological polar surface area (TPSA) is 81.7 Å². The SMILES string of the molecule is CC(C)C(C(=O)OCc1ccccc1)C(=O)[C@H](Cc1ccccc1)NC(=O)OC(C)(C)C. The van der Waals surface area contributed by atoms with E-state index in [0.717, 1.165) is 11.1 Å². The number of carbonyl (C=O) groups excluding carboxylic acids is 3. The summed E-state index contributed by atoms with van der Waals surface area (Å²) in [5.74, 6) is -2.31. The molecule has 0 saturated heterocycles. The number of Topliss-reactive ketones (excluding diaryl/α,β-unsaturated/α-hetero) is 1. The highest BCUT2D eigenvalue weighted by atomic mass is 16.6. The number of ketones is 1. The summed E-state index contributed by atoms with van der Waals surface area (Å²) < 4.78 is 10.8. The molecule has 2 atom stereocenters. The van der Waals surface area contributed by atoms with Gasteiger partial charge in [0.05, 0.1) is 6.04 Å². The number of amides is 1. The summed E-state index contributed by atoms with van der Waals surface area (Å²) in [6.45, 7) is 8.91. The third kappa shape index (κ3) is 8.17. The van der Waals surface area contributed by atoms with Gasteiger partial charge in [0.1, 0.15) is 18.1 Å². The minimum atomic E-state index is -1.01. The van der Waals surface area contributed by atoms with Crippen molar-refractivity contribution < 1.29 is 23.9 Å². The van der Waals surface area contributed by atoms with Gasteiger partial charge < -0.3 is 14.8 Å². The van der Waals surface area contributed by atoms with Crippen molar-refractivity contribution in [3.63, 3.8) is 0 Å². The van der Waals surface area contributed by atoms with Gasteiger partial charge in [0, 0.05) is 0 Å². The van der Waals surface area contributed by atoms with Gasteiger partial charge in [0.25, 0.3) is 0 Å². The Labute approximate surface area is 190 Å². The van der Waals surface area contributed by atoms with Gasteiger partial charge in [-0.05, 0) is 44.2 Å². The predicted molar refractivity (Wildman–Crippen MR) is 123 cm³/mol. The molecule has 0 radical (unpaired) electrons. The smallest absolute Gasteiger partial charge is 0.408 e. The fourth-order valence-corrected chi connectivity index (χ4v) is 3.27. The molecule has 0 saturated carbocycles. The van der Waals surface area contributed by atoms with Crippen molar-refractivity contribution >= 4 is 17.8 Å². The molecule has 2 aromatic rings. The Balaban J connectivity index is 2.20. The number of alkyl carbamates (subject to hydrolysis) is 1. The van der Waals surface area contributed by atoms with E-state index in [1.165, 1.54) is 0 Å². The maximum absolute atomic E-state index is 13.5.